The average molecular weight is 491 g/mol. The Labute approximate surface area is 214 Å². The van der Waals surface area contributed by atoms with Crippen LogP contribution in [0.4, 0.5) is 0 Å². The predicted octanol–water partition coefficient (Wildman–Crippen LogP) is 6.06. The van der Waals surface area contributed by atoms with Gasteiger partial charge in [-0.1, -0.05) is 66.7 Å². The molecule has 0 spiro atoms. The minimum absolute atomic E-state index is 0.0271. The number of carbonyl (C=O) groups is 1. The first-order chi connectivity index (χ1) is 18.1. The summed E-state index contributed by atoms with van der Waals surface area (Å²) < 4.78 is 17.4. The Balaban J connectivity index is 1.18. The first-order valence-electron chi connectivity index (χ1n) is 12.7. The van der Waals surface area contributed by atoms with Crippen molar-refractivity contribution in [3.05, 3.63) is 113 Å². The lowest BCUT2D eigenvalue weighted by molar-refractivity contribution is -0.107. The molecule has 0 aliphatic carbocycles. The van der Waals surface area contributed by atoms with Gasteiger partial charge in [-0.3, -0.25) is 0 Å². The Hall–Kier alpha value is -3.93. The topological polar surface area (TPSA) is 65.0 Å². The highest BCUT2D eigenvalue weighted by molar-refractivity contribution is 6.07. The zero-order valence-corrected chi connectivity index (χ0v) is 20.2. The number of fused-ring (bicyclic) bond motifs is 4. The van der Waals surface area contributed by atoms with Crippen molar-refractivity contribution in [3.63, 3.8) is 0 Å². The summed E-state index contributed by atoms with van der Waals surface area (Å²) in [5.41, 5.74) is 4.62. The molecule has 4 aromatic rings. The zero-order chi connectivity index (χ0) is 25.0. The summed E-state index contributed by atoms with van der Waals surface area (Å²) in [6.45, 7) is 0.661. The fourth-order valence-electron chi connectivity index (χ4n) is 5.90. The van der Waals surface area contributed by atoms with Gasteiger partial charge in [0.05, 0.1) is 23.4 Å². The van der Waals surface area contributed by atoms with Crippen molar-refractivity contribution >= 4 is 16.7 Å². The van der Waals surface area contributed by atoms with E-state index < -0.39 is 5.60 Å². The molecule has 4 aromatic carbocycles. The second kappa shape index (κ2) is 8.58. The summed E-state index contributed by atoms with van der Waals surface area (Å²) in [6.07, 6.45) is 5.17. The molecular weight excluding hydrogens is 464 g/mol. The van der Waals surface area contributed by atoms with E-state index in [1.54, 1.807) is 0 Å². The van der Waals surface area contributed by atoms with E-state index in [2.05, 4.69) is 18.2 Å². The van der Waals surface area contributed by atoms with Crippen LogP contribution in [-0.4, -0.2) is 23.3 Å². The van der Waals surface area contributed by atoms with Gasteiger partial charge in [0.2, 0.25) is 0 Å². The van der Waals surface area contributed by atoms with Gasteiger partial charge in [-0.05, 0) is 57.3 Å². The standard InChI is InChI=1S/C32H26O5/c33-31-28-15-22-14-24(11-12-27(22)30(29(28)19-36-31)21-6-2-1-3-7-21)35-18-20-5-4-8-23(13-20)32(34)16-25-9-10-26(17-32)37-25/h1-15,25-26,34H,16-19H2. The van der Waals surface area contributed by atoms with Crippen LogP contribution >= 0.6 is 0 Å². The molecule has 2 atom stereocenters. The van der Waals surface area contributed by atoms with Crippen LogP contribution in [0.1, 0.15) is 39.9 Å². The number of benzene rings is 4. The minimum atomic E-state index is -0.904. The van der Waals surface area contributed by atoms with Crippen LogP contribution < -0.4 is 4.74 Å². The number of cyclic esters (lactones) is 1. The van der Waals surface area contributed by atoms with Gasteiger partial charge in [0.1, 0.15) is 19.0 Å². The highest BCUT2D eigenvalue weighted by Gasteiger charge is 2.42. The molecule has 0 aromatic heterocycles. The molecule has 1 N–H and O–H groups in total. The summed E-state index contributed by atoms with van der Waals surface area (Å²) in [7, 11) is 0. The summed E-state index contributed by atoms with van der Waals surface area (Å²) in [4.78, 5) is 12.4. The molecule has 2 unspecified atom stereocenters. The SMILES string of the molecule is O=C1OCc2c1cc1cc(OCc3cccc(C4(O)CC5C=CC(C4)O5)c3)ccc1c2-c1ccccc1. The Morgan fingerprint density at radius 2 is 1.73 bits per heavy atom. The monoisotopic (exact) mass is 490 g/mol. The third-order valence-electron chi connectivity index (χ3n) is 7.69. The van der Waals surface area contributed by atoms with Gasteiger partial charge < -0.3 is 19.3 Å². The smallest absolute Gasteiger partial charge is 0.338 e. The highest BCUT2D eigenvalue weighted by atomic mass is 16.5. The summed E-state index contributed by atoms with van der Waals surface area (Å²) in [6, 6.07) is 26.0. The number of esters is 1. The van der Waals surface area contributed by atoms with E-state index in [0.29, 0.717) is 31.6 Å². The molecule has 5 nitrogen and oxygen atoms in total. The third kappa shape index (κ3) is 3.91. The summed E-state index contributed by atoms with van der Waals surface area (Å²) in [5.74, 6) is 0.433. The van der Waals surface area contributed by atoms with Gasteiger partial charge in [0.25, 0.3) is 0 Å². The molecule has 3 aliphatic heterocycles. The maximum atomic E-state index is 12.4. The molecule has 0 saturated carbocycles. The molecule has 7 rings (SSSR count). The number of aliphatic hydroxyl groups is 1. The van der Waals surface area contributed by atoms with E-state index in [1.807, 2.05) is 72.8 Å². The number of carbonyl (C=O) groups excluding carboxylic acids is 1. The van der Waals surface area contributed by atoms with Crippen LogP contribution in [-0.2, 0) is 28.3 Å². The van der Waals surface area contributed by atoms with Gasteiger partial charge in [-0.25, -0.2) is 4.79 Å². The molecule has 1 fully saturated rings. The van der Waals surface area contributed by atoms with E-state index in [9.17, 15) is 9.90 Å². The van der Waals surface area contributed by atoms with Crippen molar-refractivity contribution in [2.24, 2.45) is 0 Å². The fraction of sp³-hybridized carbons (Fsp3) is 0.219. The van der Waals surface area contributed by atoms with Gasteiger partial charge in [0, 0.05) is 18.4 Å². The van der Waals surface area contributed by atoms with Crippen LogP contribution in [0.25, 0.3) is 21.9 Å². The van der Waals surface area contributed by atoms with Crippen molar-refractivity contribution in [2.45, 2.75) is 43.9 Å². The van der Waals surface area contributed by atoms with Crippen LogP contribution in [0, 0.1) is 0 Å². The van der Waals surface area contributed by atoms with Crippen molar-refractivity contribution in [1.29, 1.82) is 0 Å². The maximum Gasteiger partial charge on any atom is 0.338 e. The largest absolute Gasteiger partial charge is 0.489 e. The molecule has 0 radical (unpaired) electrons. The number of rotatable bonds is 5. The molecule has 0 amide bonds. The van der Waals surface area contributed by atoms with Crippen LogP contribution in [0.3, 0.4) is 0 Å². The van der Waals surface area contributed by atoms with Gasteiger partial charge in [0.15, 0.2) is 0 Å². The third-order valence-corrected chi connectivity index (χ3v) is 7.69. The number of hydrogen-bond donors (Lipinski definition) is 1. The van der Waals surface area contributed by atoms with E-state index in [-0.39, 0.29) is 18.2 Å². The first-order valence-corrected chi connectivity index (χ1v) is 12.7. The Bertz CT molecular complexity index is 1540. The minimum Gasteiger partial charge on any atom is -0.489 e. The second-order valence-corrected chi connectivity index (χ2v) is 10.1. The lowest BCUT2D eigenvalue weighted by Gasteiger charge is -2.37. The quantitative estimate of drug-likeness (QED) is 0.272. The molecule has 2 bridgehead atoms. The fourth-order valence-corrected chi connectivity index (χ4v) is 5.90. The zero-order valence-electron chi connectivity index (χ0n) is 20.2. The number of ether oxygens (including phenoxy) is 3. The number of hydrogen-bond acceptors (Lipinski definition) is 5. The van der Waals surface area contributed by atoms with E-state index in [1.165, 1.54) is 0 Å². The van der Waals surface area contributed by atoms with E-state index in [4.69, 9.17) is 14.2 Å². The van der Waals surface area contributed by atoms with Crippen LogP contribution in [0.15, 0.2) is 91.0 Å². The van der Waals surface area contributed by atoms with Crippen LogP contribution in [0.2, 0.25) is 0 Å². The Morgan fingerprint density at radius 3 is 2.54 bits per heavy atom. The average Bonchev–Trinajstić information content (AvgIpc) is 3.47. The van der Waals surface area contributed by atoms with E-state index in [0.717, 1.165) is 44.3 Å². The maximum absolute atomic E-state index is 12.4. The van der Waals surface area contributed by atoms with Crippen molar-refractivity contribution in [1.82, 2.24) is 0 Å². The summed E-state index contributed by atoms with van der Waals surface area (Å²) in [5, 5.41) is 13.4. The Kier molecular flexibility index (Phi) is 5.17. The van der Waals surface area contributed by atoms with E-state index >= 15 is 0 Å². The summed E-state index contributed by atoms with van der Waals surface area (Å²) >= 11 is 0. The Morgan fingerprint density at radius 1 is 0.919 bits per heavy atom. The lowest BCUT2D eigenvalue weighted by Crippen LogP contribution is -2.39. The lowest BCUT2D eigenvalue weighted by atomic mass is 9.82. The molecule has 1 saturated heterocycles. The highest BCUT2D eigenvalue weighted by Crippen LogP contribution is 2.42. The van der Waals surface area contributed by atoms with Gasteiger partial charge in [-0.15, -0.1) is 0 Å². The molecule has 5 heteroatoms. The van der Waals surface area contributed by atoms with Gasteiger partial charge >= 0.3 is 5.97 Å². The normalized spacial score (nSPS) is 23.8. The van der Waals surface area contributed by atoms with Crippen molar-refractivity contribution in [2.75, 3.05) is 0 Å². The second-order valence-electron chi connectivity index (χ2n) is 10.1. The molecule has 184 valence electrons. The molecule has 37 heavy (non-hydrogen) atoms. The molecule has 3 heterocycles. The predicted molar refractivity (Wildman–Crippen MR) is 140 cm³/mol. The van der Waals surface area contributed by atoms with Gasteiger partial charge in [-0.2, -0.15) is 0 Å². The van der Waals surface area contributed by atoms with Crippen LogP contribution in [0.5, 0.6) is 5.75 Å². The molecular formula is C32H26O5. The molecule has 3 aliphatic rings. The van der Waals surface area contributed by atoms with Crippen molar-refractivity contribution < 1.29 is 24.1 Å². The first kappa shape index (κ1) is 22.3. The van der Waals surface area contributed by atoms with Crippen molar-refractivity contribution in [3.8, 4) is 16.9 Å².